The van der Waals surface area contributed by atoms with Crippen molar-refractivity contribution in [3.05, 3.63) is 89.2 Å². The Hall–Kier alpha value is -3.13. The number of carbonyl (C=O) groups is 1. The zero-order valence-corrected chi connectivity index (χ0v) is 16.9. The van der Waals surface area contributed by atoms with Crippen LogP contribution in [0.4, 0.5) is 23.2 Å². The molecule has 0 aromatic heterocycles. The Morgan fingerprint density at radius 1 is 0.968 bits per heavy atom. The number of benzene rings is 3. The number of hydrogen-bond acceptors (Lipinski definition) is 3. The molecule has 3 aromatic rings. The monoisotopic (exact) mass is 444 g/mol. The summed E-state index contributed by atoms with van der Waals surface area (Å²) in [5, 5.41) is 2.28. The van der Waals surface area contributed by atoms with E-state index >= 15 is 0 Å². The Bertz CT molecular complexity index is 1170. The number of nitrogens with one attached hydrogen (secondary N) is 1. The van der Waals surface area contributed by atoms with E-state index in [9.17, 15) is 22.4 Å². The van der Waals surface area contributed by atoms with E-state index in [-0.39, 0.29) is 5.56 Å². The highest BCUT2D eigenvalue weighted by molar-refractivity contribution is 7.99. The van der Waals surface area contributed by atoms with Crippen LogP contribution in [0, 0.1) is 5.82 Å². The Balaban J connectivity index is 1.72. The van der Waals surface area contributed by atoms with Gasteiger partial charge in [-0.25, -0.2) is 9.38 Å². The van der Waals surface area contributed by atoms with Crippen molar-refractivity contribution < 1.29 is 22.4 Å². The number of alkyl halides is 3. The second kappa shape index (κ2) is 8.55. The average Bonchev–Trinajstić information content (AvgIpc) is 2.89. The van der Waals surface area contributed by atoms with E-state index in [1.165, 1.54) is 30.0 Å². The molecule has 158 valence electrons. The van der Waals surface area contributed by atoms with E-state index in [0.29, 0.717) is 17.0 Å². The second-order valence-electron chi connectivity index (χ2n) is 6.87. The van der Waals surface area contributed by atoms with Gasteiger partial charge in [-0.2, -0.15) is 13.2 Å². The Morgan fingerprint density at radius 2 is 1.77 bits per heavy atom. The summed E-state index contributed by atoms with van der Waals surface area (Å²) in [5.41, 5.74) is 2.65. The molecule has 0 saturated heterocycles. The van der Waals surface area contributed by atoms with Crippen LogP contribution < -0.4 is 5.32 Å². The van der Waals surface area contributed by atoms with Gasteiger partial charge in [-0.3, -0.25) is 4.79 Å². The molecule has 0 unspecified atom stereocenters. The minimum Gasteiger partial charge on any atom is -0.352 e. The lowest BCUT2D eigenvalue weighted by Crippen LogP contribution is -2.27. The van der Waals surface area contributed by atoms with Crippen molar-refractivity contribution in [1.82, 2.24) is 5.32 Å². The van der Waals surface area contributed by atoms with Crippen LogP contribution in [0.1, 0.15) is 27.9 Å². The van der Waals surface area contributed by atoms with E-state index in [1.54, 1.807) is 24.3 Å². The van der Waals surface area contributed by atoms with E-state index in [4.69, 9.17) is 4.99 Å². The fourth-order valence-corrected chi connectivity index (χ4v) is 4.16. The summed E-state index contributed by atoms with van der Waals surface area (Å²) in [4.78, 5) is 18.8. The summed E-state index contributed by atoms with van der Waals surface area (Å²) in [7, 11) is 0. The van der Waals surface area contributed by atoms with E-state index in [1.807, 2.05) is 24.3 Å². The third kappa shape index (κ3) is 4.96. The maximum Gasteiger partial charge on any atom is 0.390 e. The van der Waals surface area contributed by atoms with Crippen molar-refractivity contribution in [2.24, 2.45) is 4.99 Å². The molecule has 4 rings (SSSR count). The molecule has 0 aliphatic carbocycles. The Kier molecular flexibility index (Phi) is 5.82. The zero-order valence-electron chi connectivity index (χ0n) is 16.0. The summed E-state index contributed by atoms with van der Waals surface area (Å²) in [6.07, 6.45) is -5.44. The van der Waals surface area contributed by atoms with Crippen LogP contribution in [-0.4, -0.2) is 24.3 Å². The van der Waals surface area contributed by atoms with Crippen LogP contribution >= 0.6 is 11.8 Å². The van der Waals surface area contributed by atoms with Crippen LogP contribution in [0.2, 0.25) is 0 Å². The Morgan fingerprint density at radius 3 is 2.55 bits per heavy atom. The molecule has 31 heavy (non-hydrogen) atoms. The molecule has 1 amide bonds. The molecule has 0 radical (unpaired) electrons. The van der Waals surface area contributed by atoms with Crippen molar-refractivity contribution >= 4 is 29.1 Å². The van der Waals surface area contributed by atoms with Gasteiger partial charge in [0.05, 0.1) is 17.8 Å². The van der Waals surface area contributed by atoms with Gasteiger partial charge in [-0.05, 0) is 36.4 Å². The van der Waals surface area contributed by atoms with Gasteiger partial charge in [0.2, 0.25) is 0 Å². The molecule has 0 spiro atoms. The molecule has 0 bridgehead atoms. The van der Waals surface area contributed by atoms with Crippen molar-refractivity contribution in [1.29, 1.82) is 0 Å². The predicted molar refractivity (Wildman–Crippen MR) is 112 cm³/mol. The number of aliphatic imine (C=N–C) groups is 1. The number of fused-ring (bicyclic) bond motifs is 2. The first-order valence-corrected chi connectivity index (χ1v) is 10.2. The molecule has 3 aromatic carbocycles. The SMILES string of the molecule is O=C(NCCC(F)(F)F)c1ccc2c(c1)N=C(c1cccc(F)c1)c1ccccc1S2. The molecule has 0 atom stereocenters. The molecular formula is C23H16F4N2OS. The van der Waals surface area contributed by atoms with Gasteiger partial charge in [0.15, 0.2) is 0 Å². The molecule has 1 aliphatic rings. The van der Waals surface area contributed by atoms with E-state index < -0.39 is 30.9 Å². The normalized spacial score (nSPS) is 13.0. The lowest BCUT2D eigenvalue weighted by atomic mass is 10.0. The highest BCUT2D eigenvalue weighted by Crippen LogP contribution is 2.41. The minimum absolute atomic E-state index is 0.204. The molecule has 0 saturated carbocycles. The lowest BCUT2D eigenvalue weighted by Gasteiger charge is -2.09. The maximum atomic E-state index is 13.9. The zero-order chi connectivity index (χ0) is 22.0. The van der Waals surface area contributed by atoms with Crippen molar-refractivity contribution in [3.8, 4) is 0 Å². The molecule has 1 aliphatic heterocycles. The topological polar surface area (TPSA) is 41.5 Å². The Labute approximate surface area is 180 Å². The highest BCUT2D eigenvalue weighted by atomic mass is 32.2. The van der Waals surface area contributed by atoms with Crippen molar-refractivity contribution in [2.75, 3.05) is 6.54 Å². The maximum absolute atomic E-state index is 13.9. The summed E-state index contributed by atoms with van der Waals surface area (Å²) < 4.78 is 50.9. The number of nitrogens with zero attached hydrogens (tertiary/aromatic N) is 1. The molecular weight excluding hydrogens is 428 g/mol. The average molecular weight is 444 g/mol. The summed E-state index contributed by atoms with van der Waals surface area (Å²) in [5.74, 6) is -1.01. The van der Waals surface area contributed by atoms with Crippen LogP contribution in [-0.2, 0) is 0 Å². The first-order valence-electron chi connectivity index (χ1n) is 9.41. The number of amides is 1. The fraction of sp³-hybridized carbons (Fsp3) is 0.130. The van der Waals surface area contributed by atoms with Crippen molar-refractivity contribution in [2.45, 2.75) is 22.4 Å². The lowest BCUT2D eigenvalue weighted by molar-refractivity contribution is -0.132. The van der Waals surface area contributed by atoms with Gasteiger partial charge in [-0.1, -0.05) is 42.1 Å². The number of halogens is 4. The molecule has 8 heteroatoms. The van der Waals surface area contributed by atoms with Crippen LogP contribution in [0.25, 0.3) is 0 Å². The number of hydrogen-bond donors (Lipinski definition) is 1. The van der Waals surface area contributed by atoms with E-state index in [0.717, 1.165) is 15.4 Å². The van der Waals surface area contributed by atoms with Gasteiger partial charge >= 0.3 is 6.18 Å². The van der Waals surface area contributed by atoms with E-state index in [2.05, 4.69) is 5.32 Å². The molecule has 1 N–H and O–H groups in total. The van der Waals surface area contributed by atoms with Crippen LogP contribution in [0.5, 0.6) is 0 Å². The molecule has 1 heterocycles. The molecule has 3 nitrogen and oxygen atoms in total. The van der Waals surface area contributed by atoms with Crippen LogP contribution in [0.3, 0.4) is 0 Å². The summed E-state index contributed by atoms with van der Waals surface area (Å²) in [6.45, 7) is -0.503. The van der Waals surface area contributed by atoms with Gasteiger partial charge in [0, 0.05) is 33.0 Å². The standard InChI is InChI=1S/C23H16F4N2OS/c24-16-5-3-4-14(12-16)21-17-6-1-2-7-19(17)31-20-9-8-15(13-18(20)29-21)22(30)28-11-10-23(25,26)27/h1-9,12-13H,10-11H2,(H,28,30). The highest BCUT2D eigenvalue weighted by Gasteiger charge is 2.27. The summed E-state index contributed by atoms with van der Waals surface area (Å²) in [6, 6.07) is 18.5. The van der Waals surface area contributed by atoms with Crippen LogP contribution in [0.15, 0.2) is 81.5 Å². The number of carbonyl (C=O) groups excluding carboxylic acids is 1. The minimum atomic E-state index is -4.34. The number of rotatable bonds is 4. The third-order valence-corrected chi connectivity index (χ3v) is 5.75. The van der Waals surface area contributed by atoms with Crippen molar-refractivity contribution in [3.63, 3.8) is 0 Å². The first kappa shape index (κ1) is 21.1. The third-order valence-electron chi connectivity index (χ3n) is 4.61. The largest absolute Gasteiger partial charge is 0.390 e. The van der Waals surface area contributed by atoms with Gasteiger partial charge in [0.25, 0.3) is 5.91 Å². The predicted octanol–water partition coefficient (Wildman–Crippen LogP) is 6.14. The summed E-state index contributed by atoms with van der Waals surface area (Å²) >= 11 is 1.46. The quantitative estimate of drug-likeness (QED) is 0.384. The van der Waals surface area contributed by atoms with Gasteiger partial charge < -0.3 is 5.32 Å². The second-order valence-corrected chi connectivity index (χ2v) is 7.96. The smallest absolute Gasteiger partial charge is 0.352 e. The first-order chi connectivity index (χ1) is 14.8. The van der Waals surface area contributed by atoms with Gasteiger partial charge in [-0.15, -0.1) is 0 Å². The van der Waals surface area contributed by atoms with Gasteiger partial charge in [0.1, 0.15) is 5.82 Å². The fourth-order valence-electron chi connectivity index (χ4n) is 3.16. The molecule has 0 fully saturated rings.